The zero-order valence-corrected chi connectivity index (χ0v) is 18.2. The first kappa shape index (κ1) is 21.2. The predicted molar refractivity (Wildman–Crippen MR) is 121 cm³/mol. The van der Waals surface area contributed by atoms with Crippen LogP contribution in [0.25, 0.3) is 11.3 Å². The molecule has 0 saturated carbocycles. The van der Waals surface area contributed by atoms with Crippen molar-refractivity contribution in [3.05, 3.63) is 48.1 Å². The zero-order valence-electron chi connectivity index (χ0n) is 18.2. The summed E-state index contributed by atoms with van der Waals surface area (Å²) >= 11 is 0. The molecular weight excluding hydrogens is 424 g/mol. The van der Waals surface area contributed by atoms with Crippen molar-refractivity contribution in [3.63, 3.8) is 0 Å². The number of carboxylic acid groups (broad SMARTS) is 1. The Morgan fingerprint density at radius 1 is 1.18 bits per heavy atom. The van der Waals surface area contributed by atoms with E-state index in [2.05, 4.69) is 15.6 Å². The van der Waals surface area contributed by atoms with Gasteiger partial charge in [0, 0.05) is 49.5 Å². The van der Waals surface area contributed by atoms with Crippen LogP contribution in [0.15, 0.2) is 41.3 Å². The summed E-state index contributed by atoms with van der Waals surface area (Å²) in [6, 6.07) is 7.75. The number of hydrogen-bond acceptors (Lipinski definition) is 8. The van der Waals surface area contributed by atoms with E-state index in [-0.39, 0.29) is 6.54 Å². The van der Waals surface area contributed by atoms with Crippen LogP contribution >= 0.6 is 0 Å². The van der Waals surface area contributed by atoms with Crippen LogP contribution in [0.1, 0.15) is 24.1 Å². The Morgan fingerprint density at radius 3 is 2.73 bits per heavy atom. The molecule has 10 heteroatoms. The Morgan fingerprint density at radius 2 is 2.00 bits per heavy atom. The molecule has 5 rings (SSSR count). The highest BCUT2D eigenvalue weighted by atomic mass is 16.5. The minimum absolute atomic E-state index is 0.285. The Hall–Kier alpha value is -3.66. The third-order valence-corrected chi connectivity index (χ3v) is 6.09. The maximum absolute atomic E-state index is 11.5. The van der Waals surface area contributed by atoms with Gasteiger partial charge in [0.25, 0.3) is 0 Å². The molecule has 0 unspecified atom stereocenters. The smallest absolute Gasteiger partial charge is 0.407 e. The molecule has 1 amide bonds. The fraction of sp³-hybridized carbons (Fsp3) is 0.391. The monoisotopic (exact) mass is 450 g/mol. The summed E-state index contributed by atoms with van der Waals surface area (Å²) in [7, 11) is 0. The fourth-order valence-corrected chi connectivity index (χ4v) is 4.18. The van der Waals surface area contributed by atoms with E-state index in [9.17, 15) is 9.90 Å². The van der Waals surface area contributed by atoms with Gasteiger partial charge >= 0.3 is 6.09 Å². The van der Waals surface area contributed by atoms with E-state index in [0.29, 0.717) is 36.4 Å². The van der Waals surface area contributed by atoms with Crippen LogP contribution in [0.2, 0.25) is 0 Å². The van der Waals surface area contributed by atoms with Gasteiger partial charge in [0.1, 0.15) is 5.82 Å². The molecule has 1 fully saturated rings. The third-order valence-electron chi connectivity index (χ3n) is 6.09. The first-order chi connectivity index (χ1) is 16.2. The summed E-state index contributed by atoms with van der Waals surface area (Å²) in [5.41, 5.74) is 3.49. The Labute approximate surface area is 191 Å². The maximum Gasteiger partial charge on any atom is 0.407 e. The van der Waals surface area contributed by atoms with Crippen LogP contribution in [0.4, 0.5) is 22.2 Å². The molecule has 0 radical (unpaired) electrons. The summed E-state index contributed by atoms with van der Waals surface area (Å²) < 4.78 is 10.8. The van der Waals surface area contributed by atoms with E-state index in [4.69, 9.17) is 19.1 Å². The van der Waals surface area contributed by atoms with E-state index >= 15 is 0 Å². The molecule has 2 aliphatic heterocycles. The lowest BCUT2D eigenvalue weighted by Gasteiger charge is -2.28. The molecule has 0 atom stereocenters. The molecule has 2 aromatic heterocycles. The quantitative estimate of drug-likeness (QED) is 0.515. The Bertz CT molecular complexity index is 1100. The van der Waals surface area contributed by atoms with E-state index < -0.39 is 6.09 Å². The number of carbonyl (C=O) groups is 1. The van der Waals surface area contributed by atoms with E-state index in [0.717, 1.165) is 55.1 Å². The normalized spacial score (nSPS) is 16.3. The van der Waals surface area contributed by atoms with Gasteiger partial charge < -0.3 is 29.8 Å². The minimum Gasteiger partial charge on any atom is -0.465 e. The number of fused-ring (bicyclic) bond motifs is 1. The Balaban J connectivity index is 1.37. The van der Waals surface area contributed by atoms with Crippen molar-refractivity contribution in [1.29, 1.82) is 0 Å². The van der Waals surface area contributed by atoms with Gasteiger partial charge in [0.2, 0.25) is 5.95 Å². The summed E-state index contributed by atoms with van der Waals surface area (Å²) in [6.07, 6.45) is 4.71. The molecular formula is C23H26N6O4. The van der Waals surface area contributed by atoms with Crippen molar-refractivity contribution in [2.75, 3.05) is 36.9 Å². The molecule has 4 heterocycles. The number of nitrogens with zero attached hydrogens (tertiary/aromatic N) is 4. The van der Waals surface area contributed by atoms with Gasteiger partial charge in [-0.05, 0) is 43.0 Å². The van der Waals surface area contributed by atoms with Crippen LogP contribution in [0, 0.1) is 5.92 Å². The van der Waals surface area contributed by atoms with Gasteiger partial charge in [0.05, 0.1) is 18.4 Å². The first-order valence-corrected chi connectivity index (χ1v) is 11.1. The number of rotatable bonds is 6. The second-order valence-corrected chi connectivity index (χ2v) is 8.28. The molecule has 172 valence electrons. The van der Waals surface area contributed by atoms with Crippen LogP contribution in [-0.2, 0) is 17.7 Å². The van der Waals surface area contributed by atoms with Crippen molar-refractivity contribution in [2.24, 2.45) is 5.92 Å². The third kappa shape index (κ3) is 4.90. The number of nitrogens with one attached hydrogen (secondary N) is 2. The number of ether oxygens (including phenoxy) is 1. The molecule has 33 heavy (non-hydrogen) atoms. The van der Waals surface area contributed by atoms with Crippen molar-refractivity contribution in [3.8, 4) is 11.3 Å². The number of hydrogen-bond donors (Lipinski definition) is 3. The Kier molecular flexibility index (Phi) is 6.07. The average molecular weight is 450 g/mol. The van der Waals surface area contributed by atoms with Gasteiger partial charge in [-0.25, -0.2) is 14.8 Å². The van der Waals surface area contributed by atoms with Crippen LogP contribution in [0.3, 0.4) is 0 Å². The van der Waals surface area contributed by atoms with Gasteiger partial charge in [-0.3, -0.25) is 0 Å². The van der Waals surface area contributed by atoms with Crippen LogP contribution < -0.4 is 10.6 Å². The second-order valence-electron chi connectivity index (χ2n) is 8.28. The molecule has 0 spiro atoms. The molecule has 10 nitrogen and oxygen atoms in total. The maximum atomic E-state index is 11.5. The zero-order chi connectivity index (χ0) is 22.6. The number of amides is 1. The molecule has 3 aromatic rings. The average Bonchev–Trinajstić information content (AvgIpc) is 3.38. The van der Waals surface area contributed by atoms with Gasteiger partial charge in [-0.2, -0.15) is 4.98 Å². The van der Waals surface area contributed by atoms with Crippen LogP contribution in [0.5, 0.6) is 0 Å². The highest BCUT2D eigenvalue weighted by Gasteiger charge is 2.26. The molecule has 0 bridgehead atoms. The number of anilines is 3. The van der Waals surface area contributed by atoms with Gasteiger partial charge in [-0.1, -0.05) is 0 Å². The van der Waals surface area contributed by atoms with Crippen LogP contribution in [-0.4, -0.2) is 57.4 Å². The molecule has 1 aromatic carbocycles. The summed E-state index contributed by atoms with van der Waals surface area (Å²) in [4.78, 5) is 26.3. The summed E-state index contributed by atoms with van der Waals surface area (Å²) in [5.74, 6) is 2.38. The number of benzene rings is 1. The highest BCUT2D eigenvalue weighted by Crippen LogP contribution is 2.28. The standard InChI is InChI=1S/C23H26N6O4/c30-23(31)29-8-5-19-18(13-29)21(25-11-15-6-9-32-10-7-15)28-22(27-19)26-17-3-1-16(2-4-17)20-12-24-14-33-20/h1-4,12,14-15H,5-11,13H2,(H,30,31)(H2,25,26,27,28). The first-order valence-electron chi connectivity index (χ1n) is 11.1. The van der Waals surface area contributed by atoms with E-state index in [1.165, 1.54) is 11.3 Å². The summed E-state index contributed by atoms with van der Waals surface area (Å²) in [5, 5.41) is 16.2. The number of aromatic nitrogens is 3. The molecule has 0 aliphatic carbocycles. The largest absolute Gasteiger partial charge is 0.465 e. The van der Waals surface area contributed by atoms with Crippen molar-refractivity contribution in [2.45, 2.75) is 25.8 Å². The predicted octanol–water partition coefficient (Wildman–Crippen LogP) is 3.75. The lowest BCUT2D eigenvalue weighted by molar-refractivity contribution is 0.0699. The SMILES string of the molecule is O=C(O)N1CCc2nc(Nc3ccc(-c4cnco4)cc3)nc(NCC3CCOCC3)c2C1. The van der Waals surface area contributed by atoms with Gasteiger partial charge in [-0.15, -0.1) is 0 Å². The fourth-order valence-electron chi connectivity index (χ4n) is 4.18. The summed E-state index contributed by atoms with van der Waals surface area (Å²) in [6.45, 7) is 3.03. The van der Waals surface area contributed by atoms with E-state index in [1.54, 1.807) is 6.20 Å². The second kappa shape index (κ2) is 9.45. The van der Waals surface area contributed by atoms with Crippen molar-refractivity contribution in [1.82, 2.24) is 19.9 Å². The number of oxazole rings is 1. The topological polar surface area (TPSA) is 126 Å². The molecule has 3 N–H and O–H groups in total. The molecule has 2 aliphatic rings. The lowest BCUT2D eigenvalue weighted by atomic mass is 10.00. The lowest BCUT2D eigenvalue weighted by Crippen LogP contribution is -2.36. The molecule has 1 saturated heterocycles. The van der Waals surface area contributed by atoms with Gasteiger partial charge in [0.15, 0.2) is 12.2 Å². The minimum atomic E-state index is -0.926. The van der Waals surface area contributed by atoms with Crippen molar-refractivity contribution >= 4 is 23.5 Å². The highest BCUT2D eigenvalue weighted by molar-refractivity contribution is 5.67. The van der Waals surface area contributed by atoms with Crippen molar-refractivity contribution < 1.29 is 19.1 Å². The van der Waals surface area contributed by atoms with E-state index in [1.807, 2.05) is 24.3 Å².